The van der Waals surface area contributed by atoms with Gasteiger partial charge in [0.15, 0.2) is 30.3 Å². The van der Waals surface area contributed by atoms with Gasteiger partial charge in [0, 0.05) is 24.4 Å². The number of oxime groups is 1. The molecule has 1 unspecified atom stereocenters. The van der Waals surface area contributed by atoms with Crippen molar-refractivity contribution in [2.75, 3.05) is 26.4 Å². The van der Waals surface area contributed by atoms with E-state index in [-0.39, 0.29) is 30.1 Å². The Bertz CT molecular complexity index is 802. The van der Waals surface area contributed by atoms with Crippen molar-refractivity contribution in [3.05, 3.63) is 23.8 Å². The summed E-state index contributed by atoms with van der Waals surface area (Å²) in [5.74, 6) is -0.379. The van der Waals surface area contributed by atoms with Crippen molar-refractivity contribution in [3.63, 3.8) is 0 Å². The first-order valence-electron chi connectivity index (χ1n) is 9.41. The maximum Gasteiger partial charge on any atom is 0.422 e. The highest BCUT2D eigenvalue weighted by molar-refractivity contribution is 6.02. The molecule has 1 aromatic carbocycles. The van der Waals surface area contributed by atoms with E-state index >= 15 is 0 Å². The van der Waals surface area contributed by atoms with Crippen molar-refractivity contribution in [3.8, 4) is 11.5 Å². The molecule has 2 fully saturated rings. The molecule has 1 saturated carbocycles. The molecule has 29 heavy (non-hydrogen) atoms. The molecular formula is C19H21F3N2O5. The number of nitrogens with one attached hydrogen (secondary N) is 1. The summed E-state index contributed by atoms with van der Waals surface area (Å²) in [6.45, 7) is -0.737. The van der Waals surface area contributed by atoms with Gasteiger partial charge in [-0.15, -0.1) is 0 Å². The molecule has 0 aromatic heterocycles. The molecule has 1 atom stereocenters. The van der Waals surface area contributed by atoms with E-state index in [0.29, 0.717) is 30.9 Å². The fourth-order valence-electron chi connectivity index (χ4n) is 3.20. The Morgan fingerprint density at radius 3 is 2.79 bits per heavy atom. The zero-order chi connectivity index (χ0) is 20.5. The predicted octanol–water partition coefficient (Wildman–Crippen LogP) is 2.57. The molecule has 10 heteroatoms. The van der Waals surface area contributed by atoms with Crippen molar-refractivity contribution in [2.24, 2.45) is 5.16 Å². The average Bonchev–Trinajstić information content (AvgIpc) is 3.21. The van der Waals surface area contributed by atoms with Crippen LogP contribution in [0.1, 0.15) is 31.2 Å². The second-order valence-electron chi connectivity index (χ2n) is 7.49. The number of rotatable bonds is 7. The lowest BCUT2D eigenvalue weighted by atomic mass is 9.93. The van der Waals surface area contributed by atoms with Gasteiger partial charge in [0.1, 0.15) is 0 Å². The third-order valence-corrected chi connectivity index (χ3v) is 4.88. The lowest BCUT2D eigenvalue weighted by Crippen LogP contribution is -2.30. The largest absolute Gasteiger partial charge is 0.480 e. The second-order valence-corrected chi connectivity index (χ2v) is 7.49. The number of hydrogen-bond acceptors (Lipinski definition) is 6. The molecule has 1 spiro atoms. The van der Waals surface area contributed by atoms with Crippen LogP contribution in [0, 0.1) is 0 Å². The Morgan fingerprint density at radius 2 is 2.10 bits per heavy atom. The number of nitrogens with zero attached hydrogens (tertiary/aromatic N) is 1. The topological polar surface area (TPSA) is 78.4 Å². The van der Waals surface area contributed by atoms with Crippen LogP contribution >= 0.6 is 0 Å². The van der Waals surface area contributed by atoms with Crippen molar-refractivity contribution in [1.82, 2.24) is 5.32 Å². The molecule has 1 N–H and O–H groups in total. The fourth-order valence-corrected chi connectivity index (χ4v) is 3.20. The Hall–Kier alpha value is -2.49. The minimum Gasteiger partial charge on any atom is -0.480 e. The Kier molecular flexibility index (Phi) is 5.28. The molecule has 4 rings (SSSR count). The van der Waals surface area contributed by atoms with Crippen LogP contribution in [0.2, 0.25) is 0 Å². The van der Waals surface area contributed by atoms with Crippen LogP contribution in [0.4, 0.5) is 13.2 Å². The van der Waals surface area contributed by atoms with Gasteiger partial charge in [-0.2, -0.15) is 13.2 Å². The molecule has 7 nitrogen and oxygen atoms in total. The summed E-state index contributed by atoms with van der Waals surface area (Å²) >= 11 is 0. The van der Waals surface area contributed by atoms with Crippen LogP contribution in [-0.2, 0) is 14.4 Å². The summed E-state index contributed by atoms with van der Waals surface area (Å²) in [5.41, 5.74) is 0.794. The second kappa shape index (κ2) is 7.74. The molecule has 1 aliphatic carbocycles. The van der Waals surface area contributed by atoms with Gasteiger partial charge in [0.2, 0.25) is 0 Å². The third kappa shape index (κ3) is 5.11. The number of amides is 1. The van der Waals surface area contributed by atoms with Crippen LogP contribution in [0.5, 0.6) is 11.5 Å². The first-order valence-corrected chi connectivity index (χ1v) is 9.41. The van der Waals surface area contributed by atoms with Crippen LogP contribution in [-0.4, -0.2) is 55.9 Å². The predicted molar refractivity (Wildman–Crippen MR) is 95.1 cm³/mol. The summed E-state index contributed by atoms with van der Waals surface area (Å²) < 4.78 is 53.4. The monoisotopic (exact) mass is 414 g/mol. The van der Waals surface area contributed by atoms with Gasteiger partial charge in [-0.25, -0.2) is 0 Å². The number of carbonyl (C=O) groups is 1. The highest BCUT2D eigenvalue weighted by atomic mass is 19.4. The molecule has 158 valence electrons. The van der Waals surface area contributed by atoms with Gasteiger partial charge in [0.25, 0.3) is 5.91 Å². The third-order valence-electron chi connectivity index (χ3n) is 4.88. The van der Waals surface area contributed by atoms with Crippen LogP contribution in [0.3, 0.4) is 0 Å². The number of hydrogen-bond donors (Lipinski definition) is 1. The summed E-state index contributed by atoms with van der Waals surface area (Å²) in [6, 6.07) is 4.66. The first-order chi connectivity index (χ1) is 13.8. The number of ether oxygens (including phenoxy) is 3. The van der Waals surface area contributed by atoms with Gasteiger partial charge in [0.05, 0.1) is 18.9 Å². The first kappa shape index (κ1) is 19.8. The molecule has 3 aliphatic rings. The quantitative estimate of drug-likeness (QED) is 0.742. The average molecular weight is 414 g/mol. The Balaban J connectivity index is 1.48. The normalized spacial score (nSPS) is 23.6. The maximum atomic E-state index is 12.6. The van der Waals surface area contributed by atoms with E-state index in [1.54, 1.807) is 6.07 Å². The van der Waals surface area contributed by atoms with Crippen molar-refractivity contribution < 1.29 is 37.0 Å². The molecule has 1 aromatic rings. The zero-order valence-electron chi connectivity index (χ0n) is 15.6. The van der Waals surface area contributed by atoms with Crippen LogP contribution in [0.25, 0.3) is 0 Å². The summed E-state index contributed by atoms with van der Waals surface area (Å²) in [4.78, 5) is 17.4. The zero-order valence-corrected chi connectivity index (χ0v) is 15.6. The molecular weight excluding hydrogens is 393 g/mol. The van der Waals surface area contributed by atoms with Gasteiger partial charge < -0.3 is 24.4 Å². The minimum absolute atomic E-state index is 0.0454. The number of halogens is 3. The molecule has 2 heterocycles. The van der Waals surface area contributed by atoms with E-state index in [1.807, 2.05) is 0 Å². The van der Waals surface area contributed by atoms with Crippen molar-refractivity contribution in [1.29, 1.82) is 0 Å². The van der Waals surface area contributed by atoms with Gasteiger partial charge in [-0.05, 0) is 31.0 Å². The highest BCUT2D eigenvalue weighted by Crippen LogP contribution is 2.36. The smallest absolute Gasteiger partial charge is 0.422 e. The fraction of sp³-hybridized carbons (Fsp3) is 0.579. The minimum atomic E-state index is -4.49. The highest BCUT2D eigenvalue weighted by Gasteiger charge is 2.43. The maximum absolute atomic E-state index is 12.6. The summed E-state index contributed by atoms with van der Waals surface area (Å²) in [6.07, 6.45) is -1.40. The SMILES string of the molecule is O=C(COc1cc(C2=NOC3(CCOC3)C2)ccc1OCC(F)(F)F)NC1CC1. The van der Waals surface area contributed by atoms with E-state index < -0.39 is 18.4 Å². The van der Waals surface area contributed by atoms with Gasteiger partial charge in [-0.3, -0.25) is 4.79 Å². The summed E-state index contributed by atoms with van der Waals surface area (Å²) in [7, 11) is 0. The van der Waals surface area contributed by atoms with E-state index in [1.165, 1.54) is 12.1 Å². The van der Waals surface area contributed by atoms with Gasteiger partial charge >= 0.3 is 6.18 Å². The summed E-state index contributed by atoms with van der Waals surface area (Å²) in [5, 5.41) is 6.88. The molecule has 1 amide bonds. The van der Waals surface area contributed by atoms with E-state index in [2.05, 4.69) is 10.5 Å². The van der Waals surface area contributed by atoms with Gasteiger partial charge in [-0.1, -0.05) is 5.16 Å². The number of alkyl halides is 3. The van der Waals surface area contributed by atoms with E-state index in [0.717, 1.165) is 19.3 Å². The molecule has 2 aliphatic heterocycles. The Morgan fingerprint density at radius 1 is 1.28 bits per heavy atom. The van der Waals surface area contributed by atoms with Crippen molar-refractivity contribution in [2.45, 2.75) is 43.5 Å². The standard InChI is InChI=1S/C19H21F3N2O5/c20-19(21,22)11-28-15-4-1-12(14-8-18(29-24-14)5-6-26-10-18)7-16(15)27-9-17(25)23-13-2-3-13/h1,4,7,13H,2-3,5-6,8-11H2,(H,23,25). The lowest BCUT2D eigenvalue weighted by molar-refractivity contribution is -0.153. The van der Waals surface area contributed by atoms with Crippen LogP contribution < -0.4 is 14.8 Å². The Labute approximate surface area is 165 Å². The lowest BCUT2D eigenvalue weighted by Gasteiger charge is -2.17. The van der Waals surface area contributed by atoms with E-state index in [4.69, 9.17) is 19.0 Å². The molecule has 0 bridgehead atoms. The van der Waals surface area contributed by atoms with Crippen LogP contribution in [0.15, 0.2) is 23.4 Å². The molecule has 1 saturated heterocycles. The number of carbonyl (C=O) groups excluding carboxylic acids is 1. The molecule has 0 radical (unpaired) electrons. The van der Waals surface area contributed by atoms with E-state index in [9.17, 15) is 18.0 Å². The number of benzene rings is 1. The van der Waals surface area contributed by atoms with Crippen molar-refractivity contribution >= 4 is 11.6 Å².